The number of hydrogen-bond acceptors (Lipinski definition) is 10. The zero-order chi connectivity index (χ0) is 25.3. The minimum Gasteiger partial charge on any atom is -0.507 e. The van der Waals surface area contributed by atoms with Crippen LogP contribution in [0.1, 0.15) is 22.8 Å². The molecule has 0 spiro atoms. The SMILES string of the molecule is COCOc1cc(NC=O)c(OCOC)c(CC(C)OC(=O)c2cc(I)c(O)cc2O)c1OC. The summed E-state index contributed by atoms with van der Waals surface area (Å²) in [4.78, 5) is 23.9. The fourth-order valence-electron chi connectivity index (χ4n) is 3.06. The Morgan fingerprint density at radius 3 is 2.35 bits per heavy atom. The lowest BCUT2D eigenvalue weighted by Crippen LogP contribution is -2.19. The molecule has 0 radical (unpaired) electrons. The van der Waals surface area contributed by atoms with Gasteiger partial charge in [-0.15, -0.1) is 0 Å². The second-order valence-electron chi connectivity index (χ2n) is 6.87. The van der Waals surface area contributed by atoms with Crippen molar-refractivity contribution in [1.82, 2.24) is 0 Å². The number of carbonyl (C=O) groups excluding carboxylic acids is 2. The topological polar surface area (TPSA) is 142 Å². The number of rotatable bonds is 13. The van der Waals surface area contributed by atoms with E-state index in [-0.39, 0.29) is 54.3 Å². The van der Waals surface area contributed by atoms with Crippen LogP contribution in [0.2, 0.25) is 0 Å². The summed E-state index contributed by atoms with van der Waals surface area (Å²) in [5.74, 6) is -0.582. The average molecular weight is 591 g/mol. The van der Waals surface area contributed by atoms with E-state index in [1.807, 2.05) is 22.6 Å². The van der Waals surface area contributed by atoms with Crippen molar-refractivity contribution in [3.05, 3.63) is 32.9 Å². The Morgan fingerprint density at radius 2 is 1.74 bits per heavy atom. The maximum Gasteiger partial charge on any atom is 0.342 e. The van der Waals surface area contributed by atoms with Crippen molar-refractivity contribution in [3.8, 4) is 28.7 Å². The molecule has 34 heavy (non-hydrogen) atoms. The first-order valence-corrected chi connectivity index (χ1v) is 10.9. The maximum atomic E-state index is 12.7. The molecule has 0 aliphatic heterocycles. The summed E-state index contributed by atoms with van der Waals surface area (Å²) >= 11 is 1.83. The molecule has 0 aromatic heterocycles. The number of amides is 1. The highest BCUT2D eigenvalue weighted by Gasteiger charge is 2.26. The van der Waals surface area contributed by atoms with Crippen LogP contribution < -0.4 is 19.5 Å². The van der Waals surface area contributed by atoms with Crippen molar-refractivity contribution in [3.63, 3.8) is 0 Å². The van der Waals surface area contributed by atoms with Crippen LogP contribution >= 0.6 is 22.6 Å². The molecular formula is C22H26INO10. The van der Waals surface area contributed by atoms with Gasteiger partial charge in [0, 0.05) is 38.3 Å². The van der Waals surface area contributed by atoms with Crippen LogP contribution in [0.15, 0.2) is 18.2 Å². The van der Waals surface area contributed by atoms with Gasteiger partial charge in [-0.3, -0.25) is 4.79 Å². The van der Waals surface area contributed by atoms with Crippen LogP contribution in [0.3, 0.4) is 0 Å². The van der Waals surface area contributed by atoms with Gasteiger partial charge in [0.25, 0.3) is 0 Å². The van der Waals surface area contributed by atoms with Crippen LogP contribution in [0.5, 0.6) is 28.7 Å². The molecule has 1 amide bonds. The Balaban J connectivity index is 2.43. The summed E-state index contributed by atoms with van der Waals surface area (Å²) in [5, 5.41) is 22.3. The first-order chi connectivity index (χ1) is 16.3. The van der Waals surface area contributed by atoms with Crippen LogP contribution in [0.4, 0.5) is 5.69 Å². The van der Waals surface area contributed by atoms with Crippen LogP contribution in [0, 0.1) is 3.57 Å². The molecule has 2 rings (SSSR count). The van der Waals surface area contributed by atoms with Crippen LogP contribution in [-0.2, 0) is 25.4 Å². The summed E-state index contributed by atoms with van der Waals surface area (Å²) in [7, 11) is 4.32. The van der Waals surface area contributed by atoms with Gasteiger partial charge in [0.15, 0.2) is 30.8 Å². The number of anilines is 1. The van der Waals surface area contributed by atoms with Gasteiger partial charge in [0.2, 0.25) is 6.41 Å². The average Bonchev–Trinajstić information content (AvgIpc) is 2.79. The van der Waals surface area contributed by atoms with Crippen molar-refractivity contribution in [2.45, 2.75) is 19.4 Å². The molecule has 0 aliphatic carbocycles. The van der Waals surface area contributed by atoms with E-state index in [1.165, 1.54) is 33.5 Å². The Morgan fingerprint density at radius 1 is 1.06 bits per heavy atom. The third-order valence-electron chi connectivity index (χ3n) is 4.45. The summed E-state index contributed by atoms with van der Waals surface area (Å²) < 4.78 is 32.7. The molecule has 186 valence electrons. The highest BCUT2D eigenvalue weighted by molar-refractivity contribution is 14.1. The summed E-state index contributed by atoms with van der Waals surface area (Å²) in [5.41, 5.74) is 0.609. The highest BCUT2D eigenvalue weighted by Crippen LogP contribution is 2.44. The fraction of sp³-hybridized carbons (Fsp3) is 0.364. The largest absolute Gasteiger partial charge is 0.507 e. The molecule has 0 aliphatic rings. The third kappa shape index (κ3) is 6.77. The normalized spacial score (nSPS) is 11.4. The number of ether oxygens (including phenoxy) is 6. The van der Waals surface area contributed by atoms with Crippen LogP contribution in [0.25, 0.3) is 0 Å². The Bertz CT molecular complexity index is 1010. The Labute approximate surface area is 210 Å². The van der Waals surface area contributed by atoms with E-state index in [0.29, 0.717) is 15.5 Å². The number of phenols is 2. The number of nitrogens with one attached hydrogen (secondary N) is 1. The molecule has 11 nitrogen and oxygen atoms in total. The lowest BCUT2D eigenvalue weighted by molar-refractivity contribution is -0.105. The first kappa shape index (κ1) is 27.3. The number of halogens is 1. The van der Waals surface area contributed by atoms with Gasteiger partial charge in [-0.1, -0.05) is 0 Å². The zero-order valence-electron chi connectivity index (χ0n) is 19.0. The molecule has 0 bridgehead atoms. The predicted molar refractivity (Wildman–Crippen MR) is 129 cm³/mol. The first-order valence-electron chi connectivity index (χ1n) is 9.87. The number of hydrogen-bond donors (Lipinski definition) is 3. The molecule has 1 atom stereocenters. The van der Waals surface area contributed by atoms with Crippen molar-refractivity contribution >= 4 is 40.7 Å². The number of aromatic hydroxyl groups is 2. The van der Waals surface area contributed by atoms with E-state index in [1.54, 1.807) is 6.92 Å². The van der Waals surface area contributed by atoms with Gasteiger partial charge >= 0.3 is 5.97 Å². The Kier molecular flexibility index (Phi) is 10.5. The van der Waals surface area contributed by atoms with Gasteiger partial charge in [-0.2, -0.15) is 0 Å². The van der Waals surface area contributed by atoms with E-state index in [2.05, 4.69) is 5.32 Å². The van der Waals surface area contributed by atoms with E-state index in [0.717, 1.165) is 6.07 Å². The predicted octanol–water partition coefficient (Wildman–Crippen LogP) is 3.03. The molecule has 0 fully saturated rings. The van der Waals surface area contributed by atoms with Crippen LogP contribution in [-0.4, -0.2) is 63.6 Å². The lowest BCUT2D eigenvalue weighted by atomic mass is 10.0. The number of benzene rings is 2. The summed E-state index contributed by atoms with van der Waals surface area (Å²) in [6.45, 7) is 1.42. The molecule has 2 aromatic carbocycles. The fourth-order valence-corrected chi connectivity index (χ4v) is 3.53. The van der Waals surface area contributed by atoms with Crippen molar-refractivity contribution in [1.29, 1.82) is 0 Å². The van der Waals surface area contributed by atoms with Crippen molar-refractivity contribution in [2.75, 3.05) is 40.2 Å². The molecule has 0 heterocycles. The molecule has 0 saturated carbocycles. The second-order valence-corrected chi connectivity index (χ2v) is 8.03. The number of methoxy groups -OCH3 is 3. The summed E-state index contributed by atoms with van der Waals surface area (Å²) in [6, 6.07) is 3.89. The van der Waals surface area contributed by atoms with Gasteiger partial charge in [-0.05, 0) is 35.6 Å². The molecule has 12 heteroatoms. The summed E-state index contributed by atoms with van der Waals surface area (Å²) in [6.07, 6.45) is -0.176. The second kappa shape index (κ2) is 13.1. The van der Waals surface area contributed by atoms with E-state index >= 15 is 0 Å². The van der Waals surface area contributed by atoms with Gasteiger partial charge in [0.05, 0.1) is 16.4 Å². The lowest BCUT2D eigenvalue weighted by Gasteiger charge is -2.23. The molecule has 1 unspecified atom stereocenters. The highest BCUT2D eigenvalue weighted by atomic mass is 127. The molecule has 3 N–H and O–H groups in total. The van der Waals surface area contributed by atoms with Gasteiger partial charge in [0.1, 0.15) is 23.2 Å². The van der Waals surface area contributed by atoms with Gasteiger partial charge < -0.3 is 44.0 Å². The van der Waals surface area contributed by atoms with Gasteiger partial charge in [-0.25, -0.2) is 4.79 Å². The quantitative estimate of drug-likeness (QED) is 0.138. The maximum absolute atomic E-state index is 12.7. The monoisotopic (exact) mass is 591 g/mol. The minimum absolute atomic E-state index is 0.0849. The molecule has 0 saturated heterocycles. The van der Waals surface area contributed by atoms with E-state index in [9.17, 15) is 19.8 Å². The number of carbonyl (C=O) groups is 2. The number of esters is 1. The smallest absolute Gasteiger partial charge is 0.342 e. The van der Waals surface area contributed by atoms with Crippen molar-refractivity contribution < 1.29 is 48.2 Å². The third-order valence-corrected chi connectivity index (χ3v) is 5.31. The number of phenolic OH excluding ortho intramolecular Hbond substituents is 2. The Hall–Kier alpha value is -2.97. The van der Waals surface area contributed by atoms with E-state index in [4.69, 9.17) is 28.4 Å². The standard InChI is InChI=1S/C22H26INO10/c1-12(34-22(28)13-6-15(23)18(27)8-17(13)26)5-14-20(33-11-30-3)16(24-9-25)7-19(21(14)31-4)32-10-29-2/h6-9,12,26-27H,5,10-11H2,1-4H3,(H,24,25). The molecular weight excluding hydrogens is 565 g/mol. The minimum atomic E-state index is -0.792. The molecule has 2 aromatic rings. The van der Waals surface area contributed by atoms with E-state index < -0.39 is 17.8 Å². The van der Waals surface area contributed by atoms with Crippen molar-refractivity contribution in [2.24, 2.45) is 0 Å². The zero-order valence-corrected chi connectivity index (χ0v) is 21.2.